The summed E-state index contributed by atoms with van der Waals surface area (Å²) < 4.78 is 8.28. The van der Waals surface area contributed by atoms with Crippen molar-refractivity contribution in [1.82, 2.24) is 0 Å². The molecule has 0 aromatic carbocycles. The molecular formula is H4Al2OTb. The summed E-state index contributed by atoms with van der Waals surface area (Å²) in [5.41, 5.74) is 0. The van der Waals surface area contributed by atoms with Gasteiger partial charge in [0.2, 0.25) is 0 Å². The van der Waals surface area contributed by atoms with Gasteiger partial charge in [-0.25, -0.2) is 0 Å². The van der Waals surface area contributed by atoms with Crippen LogP contribution in [-0.4, -0.2) is 33.6 Å². The van der Waals surface area contributed by atoms with Crippen LogP contribution >= 0.6 is 0 Å². The molecule has 0 saturated heterocycles. The van der Waals surface area contributed by atoms with Crippen LogP contribution in [0.15, 0.2) is 0 Å². The maximum absolute atomic E-state index is 8.28. The molecule has 4 heavy (non-hydrogen) atoms. The molecule has 0 amide bonds. The molecule has 1 radical (unpaired) electrons. The Morgan fingerprint density at radius 1 is 1.25 bits per heavy atom. The molecule has 0 fully saturated rings. The van der Waals surface area contributed by atoms with Crippen molar-refractivity contribution in [2.75, 3.05) is 0 Å². The van der Waals surface area contributed by atoms with Crippen molar-refractivity contribution in [3.8, 4) is 0 Å². The van der Waals surface area contributed by atoms with E-state index in [1.165, 1.54) is 0 Å². The summed E-state index contributed by atoms with van der Waals surface area (Å²) in [7, 11) is 0. The summed E-state index contributed by atoms with van der Waals surface area (Å²) in [6.07, 6.45) is 0. The fourth-order valence-corrected chi connectivity index (χ4v) is 0. The van der Waals surface area contributed by atoms with Crippen molar-refractivity contribution >= 4 is 33.6 Å². The molecule has 4 heteroatoms. The second-order valence-electron chi connectivity index (χ2n) is 0. The van der Waals surface area contributed by atoms with Gasteiger partial charge in [-0.05, 0) is 0 Å². The molecule has 0 unspecified atom stereocenters. The molecule has 0 spiro atoms. The molecule has 0 N–H and O–H groups in total. The third-order valence-corrected chi connectivity index (χ3v) is 0. The first kappa shape index (κ1) is 16.4. The molecule has 25 valence electrons. The van der Waals surface area contributed by atoms with E-state index in [4.69, 9.17) is 3.80 Å². The van der Waals surface area contributed by atoms with Crippen molar-refractivity contribution < 1.29 is 42.4 Å². The second kappa shape index (κ2) is 19.2. The first-order valence-electron chi connectivity index (χ1n) is 0.289. The molecule has 1 nitrogen and oxygen atoms in total. The molecule has 0 atom stereocenters. The van der Waals surface area contributed by atoms with E-state index in [9.17, 15) is 0 Å². The monoisotopic (exact) mass is 233 g/mol. The van der Waals surface area contributed by atoms with E-state index >= 15 is 0 Å². The Kier molecular flexibility index (Phi) is 78.8. The molecule has 0 rings (SSSR count). The summed E-state index contributed by atoms with van der Waals surface area (Å²) in [5.74, 6) is 0. The average Bonchev–Trinajstić information content (AvgIpc) is 1.00. The van der Waals surface area contributed by atoms with Gasteiger partial charge < -0.3 is 0 Å². The van der Waals surface area contributed by atoms with Crippen molar-refractivity contribution in [2.45, 2.75) is 0 Å². The normalized spacial score (nSPS) is 0.750. The van der Waals surface area contributed by atoms with E-state index in [-0.39, 0.29) is 56.0 Å². The minimum absolute atomic E-state index is 0. The van der Waals surface area contributed by atoms with Crippen LogP contribution in [-0.2, 0) is 3.80 Å². The fraction of sp³-hybridized carbons (Fsp3) is 0. The van der Waals surface area contributed by atoms with Crippen LogP contribution in [0.4, 0.5) is 0 Å². The van der Waals surface area contributed by atoms with Crippen LogP contribution in [0.25, 0.3) is 0 Å². The van der Waals surface area contributed by atoms with Gasteiger partial charge in [0.15, 0.2) is 17.4 Å². The van der Waals surface area contributed by atoms with Crippen LogP contribution in [0.5, 0.6) is 0 Å². The third kappa shape index (κ3) is 8.91. The molecule has 0 aromatic rings. The zero-order valence-electron chi connectivity index (χ0n) is 1.45. The average molecular weight is 233 g/mol. The van der Waals surface area contributed by atoms with Gasteiger partial charge in [-0.15, -0.1) is 0 Å². The fourth-order valence-electron chi connectivity index (χ4n) is 0. The summed E-state index contributed by atoms with van der Waals surface area (Å²) in [5, 5.41) is 0. The van der Waals surface area contributed by atoms with Gasteiger partial charge >= 0.3 is 20.0 Å². The van der Waals surface area contributed by atoms with Gasteiger partial charge in [-0.1, -0.05) is 0 Å². The van der Waals surface area contributed by atoms with E-state index in [1.54, 1.807) is 0 Å². The predicted molar refractivity (Wildman–Crippen MR) is 17.8 cm³/mol. The van der Waals surface area contributed by atoms with Crippen LogP contribution in [0.3, 0.4) is 0 Å². The van der Waals surface area contributed by atoms with E-state index in [1.807, 2.05) is 0 Å². The Morgan fingerprint density at radius 3 is 1.25 bits per heavy atom. The minimum atomic E-state index is 0. The Hall–Kier alpha value is 2.15. The quantitative estimate of drug-likeness (QED) is 0.444. The Labute approximate surface area is 74.7 Å². The largest absolute Gasteiger partial charge is 0 e. The molecule has 0 bridgehead atoms. The Bertz CT molecular complexity index is 6.00. The van der Waals surface area contributed by atoms with Crippen molar-refractivity contribution in [2.24, 2.45) is 0 Å². The van der Waals surface area contributed by atoms with Crippen molar-refractivity contribution in [3.63, 3.8) is 0 Å². The summed E-state index contributed by atoms with van der Waals surface area (Å²) >= 11 is 0.611. The standard InChI is InChI=1S/2Al.O.Tb.4H. The molecule has 0 heterocycles. The third-order valence-electron chi connectivity index (χ3n) is 0. The number of hydrogen-bond donors (Lipinski definition) is 0. The van der Waals surface area contributed by atoms with Crippen LogP contribution in [0.2, 0.25) is 0 Å². The SMILES string of the molecule is [AlH3].[O]=[AlH].[Tb]. The van der Waals surface area contributed by atoms with E-state index in [2.05, 4.69) is 0 Å². The topological polar surface area (TPSA) is 17.1 Å². The van der Waals surface area contributed by atoms with Gasteiger partial charge in [0, 0.05) is 38.6 Å². The van der Waals surface area contributed by atoms with Crippen LogP contribution in [0, 0.1) is 38.6 Å². The summed E-state index contributed by atoms with van der Waals surface area (Å²) in [6.45, 7) is 0. The maximum Gasteiger partial charge on any atom is 0 e. The van der Waals surface area contributed by atoms with E-state index < -0.39 is 0 Å². The maximum atomic E-state index is 8.28. The zero-order chi connectivity index (χ0) is 2.00. The zero-order valence-corrected chi connectivity index (χ0v) is 5.00. The summed E-state index contributed by atoms with van der Waals surface area (Å²) in [6, 6.07) is 0. The van der Waals surface area contributed by atoms with Gasteiger partial charge in [0.1, 0.15) is 0 Å². The molecular weight excluding hydrogens is 229 g/mol. The van der Waals surface area contributed by atoms with Gasteiger partial charge in [-0.2, -0.15) is 0 Å². The van der Waals surface area contributed by atoms with Crippen molar-refractivity contribution in [3.05, 3.63) is 0 Å². The first-order chi connectivity index (χ1) is 1.00. The molecule has 0 aliphatic carbocycles. The minimum Gasteiger partial charge on any atom is 0 e. The molecule has 0 aliphatic rings. The van der Waals surface area contributed by atoms with Crippen LogP contribution in [0.1, 0.15) is 0 Å². The molecule has 0 aromatic heterocycles. The molecule has 0 saturated carbocycles. The van der Waals surface area contributed by atoms with E-state index in [0.29, 0.717) is 16.2 Å². The van der Waals surface area contributed by atoms with Crippen LogP contribution < -0.4 is 0 Å². The Morgan fingerprint density at radius 2 is 1.25 bits per heavy atom. The second-order valence-corrected chi connectivity index (χ2v) is 0. The van der Waals surface area contributed by atoms with Gasteiger partial charge in [-0.3, -0.25) is 0 Å². The number of rotatable bonds is 0. The molecule has 0 aliphatic heterocycles. The smallest absolute Gasteiger partial charge is 0 e. The van der Waals surface area contributed by atoms with Crippen molar-refractivity contribution in [1.29, 1.82) is 0 Å². The number of hydrogen-bond acceptors (Lipinski definition) is 1. The first-order valence-corrected chi connectivity index (χ1v) is 0.866. The summed E-state index contributed by atoms with van der Waals surface area (Å²) in [4.78, 5) is 0. The van der Waals surface area contributed by atoms with E-state index in [0.717, 1.165) is 0 Å². The predicted octanol–water partition coefficient (Wildman–Crippen LogP) is -1.95. The Balaban J connectivity index is -0.00000000500. The van der Waals surface area contributed by atoms with Gasteiger partial charge in [0.05, 0.1) is 0 Å². The van der Waals surface area contributed by atoms with Gasteiger partial charge in [0.25, 0.3) is 0 Å².